The Balaban J connectivity index is 3.11. The molecule has 0 aliphatic rings. The first-order valence-electron chi connectivity index (χ1n) is 18.4. The summed E-state index contributed by atoms with van der Waals surface area (Å²) < 4.78 is 69.9. The van der Waals surface area contributed by atoms with Crippen molar-refractivity contribution in [3.8, 4) is 0 Å². The third kappa shape index (κ3) is 42.5. The Morgan fingerprint density at radius 1 is 0.373 bits per heavy atom. The molecule has 15 heteroatoms. The van der Waals surface area contributed by atoms with Gasteiger partial charge in [0.1, 0.15) is 13.2 Å². The predicted molar refractivity (Wildman–Crippen MR) is 189 cm³/mol. The van der Waals surface area contributed by atoms with Gasteiger partial charge in [0.05, 0.1) is 145 Å². The van der Waals surface area contributed by atoms with Gasteiger partial charge in [0.25, 0.3) is 0 Å². The van der Waals surface area contributed by atoms with E-state index in [1.54, 1.807) is 6.92 Å². The van der Waals surface area contributed by atoms with E-state index in [1.807, 2.05) is 0 Å². The van der Waals surface area contributed by atoms with Crippen LogP contribution in [0.1, 0.15) is 52.4 Å². The van der Waals surface area contributed by atoms with Gasteiger partial charge >= 0.3 is 11.9 Å². The summed E-state index contributed by atoms with van der Waals surface area (Å²) >= 11 is 0. The summed E-state index contributed by atoms with van der Waals surface area (Å²) in [6.07, 6.45) is 6.05. The minimum Gasteiger partial charge on any atom is -0.463 e. The smallest absolute Gasteiger partial charge is 0.333 e. The summed E-state index contributed by atoms with van der Waals surface area (Å²) in [6, 6.07) is 0. The van der Waals surface area contributed by atoms with Gasteiger partial charge in [-0.2, -0.15) is 0 Å². The van der Waals surface area contributed by atoms with E-state index in [1.165, 1.54) is 19.3 Å². The lowest BCUT2D eigenvalue weighted by molar-refractivity contribution is -0.145. The number of unbranched alkanes of at least 4 members (excludes halogenated alkanes) is 4. The molecule has 15 nitrogen and oxygen atoms in total. The normalized spacial score (nSPS) is 11.3. The van der Waals surface area contributed by atoms with Gasteiger partial charge in [0.2, 0.25) is 0 Å². The van der Waals surface area contributed by atoms with Gasteiger partial charge in [0, 0.05) is 12.0 Å². The Kier molecular flexibility index (Phi) is 41.2. The van der Waals surface area contributed by atoms with E-state index in [0.717, 1.165) is 12.8 Å². The van der Waals surface area contributed by atoms with Gasteiger partial charge in [0.15, 0.2) is 0 Å². The minimum atomic E-state index is -0.416. The lowest BCUT2D eigenvalue weighted by Gasteiger charge is -2.09. The second-order valence-corrected chi connectivity index (χ2v) is 11.0. The average molecular weight is 741 g/mol. The van der Waals surface area contributed by atoms with Crippen LogP contribution in [0.5, 0.6) is 0 Å². The van der Waals surface area contributed by atoms with Crippen LogP contribution in [0.3, 0.4) is 0 Å². The topological polar surface area (TPSA) is 154 Å². The highest BCUT2D eigenvalue weighted by molar-refractivity contribution is 5.86. The quantitative estimate of drug-likeness (QED) is 0.0510. The Bertz CT molecular complexity index is 756. The molecule has 0 aromatic carbocycles. The van der Waals surface area contributed by atoms with Crippen LogP contribution in [-0.4, -0.2) is 171 Å². The summed E-state index contributed by atoms with van der Waals surface area (Å²) in [5.74, 6) is -0.567. The van der Waals surface area contributed by atoms with Gasteiger partial charge in [-0.05, 0) is 13.3 Å². The van der Waals surface area contributed by atoms with Crippen molar-refractivity contribution in [2.24, 2.45) is 0 Å². The maximum atomic E-state index is 11.6. The zero-order valence-corrected chi connectivity index (χ0v) is 31.5. The summed E-state index contributed by atoms with van der Waals surface area (Å²) in [6.45, 7) is 17.9. The van der Waals surface area contributed by atoms with Crippen LogP contribution in [0.2, 0.25) is 0 Å². The minimum absolute atomic E-state index is 0.152. The molecule has 0 bridgehead atoms. The zero-order valence-electron chi connectivity index (χ0n) is 31.5. The third-order valence-corrected chi connectivity index (χ3v) is 6.50. The summed E-state index contributed by atoms with van der Waals surface area (Å²) in [7, 11) is 0. The van der Waals surface area contributed by atoms with E-state index in [9.17, 15) is 9.59 Å². The lowest BCUT2D eigenvalue weighted by atomic mass is 10.1. The standard InChI is InChI=1S/C36H68O15/c1-4-5-6-7-8-9-35(37)50-32-30-48-28-26-46-24-22-44-20-18-42-16-14-40-12-10-39-11-13-41-15-17-43-19-21-45-23-25-47-27-29-49-31-33-51-36(38)34(2)3/h2,4-33H2,1,3H3. The second-order valence-electron chi connectivity index (χ2n) is 11.0. The van der Waals surface area contributed by atoms with Crippen molar-refractivity contribution in [3.63, 3.8) is 0 Å². The molecule has 0 aliphatic carbocycles. The molecule has 0 rings (SSSR count). The maximum Gasteiger partial charge on any atom is 0.333 e. The summed E-state index contributed by atoms with van der Waals surface area (Å²) in [5, 5.41) is 0. The van der Waals surface area contributed by atoms with E-state index in [4.69, 9.17) is 61.6 Å². The first-order chi connectivity index (χ1) is 25.1. The fourth-order valence-corrected chi connectivity index (χ4v) is 3.78. The SMILES string of the molecule is C=C(C)C(=O)OCCOCCOCCOCCOCCOCCOCCOCCOCCOCCOCCOCCOC(=O)CCCCCCC. The monoisotopic (exact) mass is 740 g/mol. The van der Waals surface area contributed by atoms with Gasteiger partial charge in [-0.25, -0.2) is 4.79 Å². The Morgan fingerprint density at radius 2 is 0.627 bits per heavy atom. The molecule has 0 radical (unpaired) electrons. The Labute approximate surface area is 306 Å². The molecule has 0 heterocycles. The van der Waals surface area contributed by atoms with Crippen LogP contribution in [0.4, 0.5) is 0 Å². The van der Waals surface area contributed by atoms with Crippen LogP contribution in [0.25, 0.3) is 0 Å². The van der Waals surface area contributed by atoms with Crippen molar-refractivity contribution in [2.75, 3.05) is 159 Å². The van der Waals surface area contributed by atoms with Crippen molar-refractivity contribution in [1.29, 1.82) is 0 Å². The number of rotatable bonds is 43. The van der Waals surface area contributed by atoms with Crippen LogP contribution in [-0.2, 0) is 71.2 Å². The number of carbonyl (C=O) groups excluding carboxylic acids is 2. The Hall–Kier alpha value is -1.76. The van der Waals surface area contributed by atoms with Crippen LogP contribution < -0.4 is 0 Å². The average Bonchev–Trinajstić information content (AvgIpc) is 3.12. The molecular formula is C36H68O15. The molecular weight excluding hydrogens is 672 g/mol. The summed E-state index contributed by atoms with van der Waals surface area (Å²) in [5.41, 5.74) is 0.367. The highest BCUT2D eigenvalue weighted by Crippen LogP contribution is 2.05. The number of hydrogen-bond acceptors (Lipinski definition) is 15. The van der Waals surface area contributed by atoms with Crippen molar-refractivity contribution in [3.05, 3.63) is 12.2 Å². The molecule has 0 saturated heterocycles. The first kappa shape index (κ1) is 49.2. The molecule has 302 valence electrons. The first-order valence-corrected chi connectivity index (χ1v) is 18.4. The van der Waals surface area contributed by atoms with Crippen LogP contribution in [0.15, 0.2) is 12.2 Å². The van der Waals surface area contributed by atoms with E-state index in [0.29, 0.717) is 157 Å². The molecule has 0 aliphatic heterocycles. The predicted octanol–water partition coefficient (Wildman–Crippen LogP) is 3.19. The lowest BCUT2D eigenvalue weighted by Crippen LogP contribution is -2.16. The maximum absolute atomic E-state index is 11.6. The fraction of sp³-hybridized carbons (Fsp3) is 0.889. The number of esters is 2. The van der Waals surface area contributed by atoms with E-state index < -0.39 is 5.97 Å². The highest BCUT2D eigenvalue weighted by Gasteiger charge is 2.03. The van der Waals surface area contributed by atoms with Crippen LogP contribution in [0, 0.1) is 0 Å². The molecule has 0 fully saturated rings. The van der Waals surface area contributed by atoms with Gasteiger partial charge in [-0.1, -0.05) is 39.2 Å². The van der Waals surface area contributed by atoms with Crippen LogP contribution >= 0.6 is 0 Å². The molecule has 0 atom stereocenters. The fourth-order valence-electron chi connectivity index (χ4n) is 3.78. The van der Waals surface area contributed by atoms with E-state index in [2.05, 4.69) is 13.5 Å². The second kappa shape index (κ2) is 42.7. The van der Waals surface area contributed by atoms with E-state index >= 15 is 0 Å². The molecule has 0 aromatic heterocycles. The Morgan fingerprint density at radius 3 is 0.902 bits per heavy atom. The molecule has 0 amide bonds. The largest absolute Gasteiger partial charge is 0.463 e. The number of carbonyl (C=O) groups is 2. The molecule has 0 saturated carbocycles. The zero-order chi connectivity index (χ0) is 37.1. The molecule has 0 N–H and O–H groups in total. The van der Waals surface area contributed by atoms with E-state index in [-0.39, 0.29) is 19.2 Å². The van der Waals surface area contributed by atoms with Crippen molar-refractivity contribution in [1.82, 2.24) is 0 Å². The van der Waals surface area contributed by atoms with Crippen molar-refractivity contribution >= 4 is 11.9 Å². The summed E-state index contributed by atoms with van der Waals surface area (Å²) in [4.78, 5) is 22.8. The third-order valence-electron chi connectivity index (χ3n) is 6.50. The van der Waals surface area contributed by atoms with Crippen molar-refractivity contribution < 1.29 is 71.2 Å². The van der Waals surface area contributed by atoms with Gasteiger partial charge in [-0.15, -0.1) is 0 Å². The molecule has 0 aromatic rings. The molecule has 0 unspecified atom stereocenters. The number of hydrogen-bond donors (Lipinski definition) is 0. The number of ether oxygens (including phenoxy) is 13. The van der Waals surface area contributed by atoms with Gasteiger partial charge < -0.3 is 61.6 Å². The molecule has 0 spiro atoms. The van der Waals surface area contributed by atoms with Gasteiger partial charge in [-0.3, -0.25) is 4.79 Å². The highest BCUT2D eigenvalue weighted by atomic mass is 16.6. The van der Waals surface area contributed by atoms with Crippen molar-refractivity contribution in [2.45, 2.75) is 52.4 Å². The molecule has 51 heavy (non-hydrogen) atoms.